The van der Waals surface area contributed by atoms with E-state index < -0.39 is 34.5 Å². The fraction of sp³-hybridized carbons (Fsp3) is 0.440. The molecule has 2 aromatic rings. The zero-order chi connectivity index (χ0) is 24.8. The van der Waals surface area contributed by atoms with Crippen LogP contribution in [0.3, 0.4) is 0 Å². The minimum atomic E-state index is -3.92. The number of carbonyl (C=O) groups excluding carboxylic acids is 2. The molecule has 2 aromatic carbocycles. The molecule has 1 atom stereocenters. The largest absolute Gasteiger partial charge is 0.454 e. The van der Waals surface area contributed by atoms with Gasteiger partial charge in [0.05, 0.1) is 4.90 Å². The molecule has 33 heavy (non-hydrogen) atoms. The van der Waals surface area contributed by atoms with Gasteiger partial charge in [-0.3, -0.25) is 9.59 Å². The van der Waals surface area contributed by atoms with Crippen LogP contribution in [-0.2, 0) is 24.3 Å². The molecule has 0 aromatic heterocycles. The summed E-state index contributed by atoms with van der Waals surface area (Å²) >= 11 is 0. The number of amides is 1. The molecule has 0 aliphatic heterocycles. The second kappa shape index (κ2) is 11.4. The van der Waals surface area contributed by atoms with Crippen LogP contribution >= 0.6 is 0 Å². The fourth-order valence-corrected chi connectivity index (χ4v) is 4.74. The van der Waals surface area contributed by atoms with Crippen molar-refractivity contribution in [3.05, 3.63) is 59.7 Å². The molecule has 0 fully saturated rings. The summed E-state index contributed by atoms with van der Waals surface area (Å²) in [5.74, 6) is -1.28. The van der Waals surface area contributed by atoms with Crippen molar-refractivity contribution >= 4 is 27.6 Å². The minimum absolute atomic E-state index is 0.0488. The lowest BCUT2D eigenvalue weighted by Crippen LogP contribution is -2.45. The Hall–Kier alpha value is -2.71. The molecule has 0 radical (unpaired) electrons. The Morgan fingerprint density at radius 3 is 1.88 bits per heavy atom. The zero-order valence-corrected chi connectivity index (χ0v) is 20.9. The molecule has 2 rings (SSSR count). The maximum absolute atomic E-state index is 12.7. The highest BCUT2D eigenvalue weighted by Gasteiger charge is 2.30. The van der Waals surface area contributed by atoms with E-state index >= 15 is 0 Å². The number of hydrogen-bond acceptors (Lipinski definition) is 5. The molecular formula is C25H34N2O5S. The summed E-state index contributed by atoms with van der Waals surface area (Å²) in [6.07, 6.45) is 0. The van der Waals surface area contributed by atoms with Crippen molar-refractivity contribution in [3.8, 4) is 0 Å². The number of sulfonamides is 1. The van der Waals surface area contributed by atoms with Crippen LogP contribution in [-0.4, -0.2) is 32.9 Å². The van der Waals surface area contributed by atoms with Crippen molar-refractivity contribution in [3.63, 3.8) is 0 Å². The standard InChI is InChI=1S/C25H34N2O5S/c1-16(2)20-13-10-14-21(17(3)4)24(20)26-22(28)15-32-25(29)23(18(5)6)27-33(30,31)19-11-8-7-9-12-19/h7-14,16-18,23,27H,15H2,1-6H3,(H,26,28)/t23-/m0/s1. The molecule has 7 nitrogen and oxygen atoms in total. The maximum atomic E-state index is 12.7. The summed E-state index contributed by atoms with van der Waals surface area (Å²) in [4.78, 5) is 25.4. The quantitative estimate of drug-likeness (QED) is 0.497. The third kappa shape index (κ3) is 7.14. The van der Waals surface area contributed by atoms with E-state index in [1.807, 2.05) is 45.9 Å². The van der Waals surface area contributed by atoms with Gasteiger partial charge in [-0.2, -0.15) is 4.72 Å². The van der Waals surface area contributed by atoms with Gasteiger partial charge in [0, 0.05) is 5.69 Å². The molecule has 1 amide bonds. The molecule has 2 N–H and O–H groups in total. The monoisotopic (exact) mass is 474 g/mol. The number of esters is 1. The number of anilines is 1. The predicted molar refractivity (Wildman–Crippen MR) is 130 cm³/mol. The smallest absolute Gasteiger partial charge is 0.324 e. The first-order valence-electron chi connectivity index (χ1n) is 11.1. The number of benzene rings is 2. The van der Waals surface area contributed by atoms with Crippen molar-refractivity contribution in [1.29, 1.82) is 0 Å². The Labute approximate surface area is 197 Å². The molecule has 8 heteroatoms. The average Bonchev–Trinajstić information content (AvgIpc) is 2.76. The Bertz CT molecular complexity index is 1040. The topological polar surface area (TPSA) is 102 Å². The second-order valence-corrected chi connectivity index (χ2v) is 10.6. The Balaban J connectivity index is 2.11. The predicted octanol–water partition coefficient (Wildman–Crippen LogP) is 4.42. The van der Waals surface area contributed by atoms with E-state index in [1.165, 1.54) is 12.1 Å². The lowest BCUT2D eigenvalue weighted by atomic mass is 9.92. The summed E-state index contributed by atoms with van der Waals surface area (Å²) in [7, 11) is -3.92. The number of ether oxygens (including phenoxy) is 1. The van der Waals surface area contributed by atoms with Gasteiger partial charge in [0.25, 0.3) is 5.91 Å². The van der Waals surface area contributed by atoms with Crippen molar-refractivity contribution in [2.75, 3.05) is 11.9 Å². The van der Waals surface area contributed by atoms with E-state index in [0.29, 0.717) is 0 Å². The van der Waals surface area contributed by atoms with E-state index in [9.17, 15) is 18.0 Å². The van der Waals surface area contributed by atoms with Crippen LogP contribution in [0, 0.1) is 5.92 Å². The van der Waals surface area contributed by atoms with Crippen molar-refractivity contribution in [2.24, 2.45) is 5.92 Å². The first-order chi connectivity index (χ1) is 15.4. The average molecular weight is 475 g/mol. The van der Waals surface area contributed by atoms with Crippen LogP contribution in [0.2, 0.25) is 0 Å². The third-order valence-corrected chi connectivity index (χ3v) is 6.70. The van der Waals surface area contributed by atoms with Gasteiger partial charge in [0.1, 0.15) is 6.04 Å². The fourth-order valence-electron chi connectivity index (χ4n) is 3.39. The Morgan fingerprint density at radius 1 is 0.848 bits per heavy atom. The maximum Gasteiger partial charge on any atom is 0.324 e. The van der Waals surface area contributed by atoms with Gasteiger partial charge in [-0.25, -0.2) is 8.42 Å². The number of carbonyl (C=O) groups is 2. The van der Waals surface area contributed by atoms with Crippen molar-refractivity contribution in [2.45, 2.75) is 64.3 Å². The van der Waals surface area contributed by atoms with Gasteiger partial charge in [0.15, 0.2) is 6.61 Å². The molecule has 0 saturated heterocycles. The van der Waals surface area contributed by atoms with E-state index in [0.717, 1.165) is 16.8 Å². The van der Waals surface area contributed by atoms with Gasteiger partial charge in [0.2, 0.25) is 10.0 Å². The van der Waals surface area contributed by atoms with Crippen LogP contribution in [0.4, 0.5) is 5.69 Å². The normalized spacial score (nSPS) is 12.8. The van der Waals surface area contributed by atoms with Crippen LogP contribution in [0.15, 0.2) is 53.4 Å². The summed E-state index contributed by atoms with van der Waals surface area (Å²) in [5, 5.41) is 2.88. The third-order valence-electron chi connectivity index (χ3n) is 5.24. The Morgan fingerprint density at radius 2 is 1.39 bits per heavy atom. The summed E-state index contributed by atoms with van der Waals surface area (Å²) in [6.45, 7) is 11.1. The SMILES string of the molecule is CC(C)c1cccc(C(C)C)c1NC(=O)COC(=O)[C@@H](NS(=O)(=O)c1ccccc1)C(C)C. The van der Waals surface area contributed by atoms with Crippen LogP contribution in [0.1, 0.15) is 64.5 Å². The highest BCUT2D eigenvalue weighted by molar-refractivity contribution is 7.89. The molecule has 0 heterocycles. The van der Waals surface area contributed by atoms with Gasteiger partial charge in [-0.05, 0) is 41.0 Å². The molecule has 0 unspecified atom stereocenters. The van der Waals surface area contributed by atoms with Crippen molar-refractivity contribution < 1.29 is 22.7 Å². The van der Waals surface area contributed by atoms with Crippen molar-refractivity contribution in [1.82, 2.24) is 4.72 Å². The molecule has 0 spiro atoms. The molecule has 0 bridgehead atoms. The first kappa shape index (κ1) is 26.5. The highest BCUT2D eigenvalue weighted by atomic mass is 32.2. The molecule has 0 aliphatic rings. The summed E-state index contributed by atoms with van der Waals surface area (Å²) in [5.41, 5.74) is 2.72. The van der Waals surface area contributed by atoms with Crippen LogP contribution in [0.25, 0.3) is 0 Å². The van der Waals surface area contributed by atoms with E-state index in [-0.39, 0.29) is 22.6 Å². The summed E-state index contributed by atoms with van der Waals surface area (Å²) < 4.78 is 32.9. The molecule has 180 valence electrons. The van der Waals surface area contributed by atoms with E-state index in [1.54, 1.807) is 32.0 Å². The lowest BCUT2D eigenvalue weighted by Gasteiger charge is -2.22. The van der Waals surface area contributed by atoms with Gasteiger partial charge in [-0.15, -0.1) is 0 Å². The highest BCUT2D eigenvalue weighted by Crippen LogP contribution is 2.32. The molecule has 0 aliphatic carbocycles. The van der Waals surface area contributed by atoms with Crippen LogP contribution < -0.4 is 10.0 Å². The Kier molecular flexibility index (Phi) is 9.19. The number of nitrogens with one attached hydrogen (secondary N) is 2. The summed E-state index contributed by atoms with van der Waals surface area (Å²) in [6, 6.07) is 12.5. The lowest BCUT2D eigenvalue weighted by molar-refractivity contribution is -0.150. The number of hydrogen-bond donors (Lipinski definition) is 2. The minimum Gasteiger partial charge on any atom is -0.454 e. The van der Waals surface area contributed by atoms with Crippen LogP contribution in [0.5, 0.6) is 0 Å². The van der Waals surface area contributed by atoms with E-state index in [4.69, 9.17) is 4.74 Å². The second-order valence-electron chi connectivity index (χ2n) is 8.93. The molecule has 0 saturated carbocycles. The van der Waals surface area contributed by atoms with Gasteiger partial charge >= 0.3 is 5.97 Å². The van der Waals surface area contributed by atoms with Gasteiger partial charge < -0.3 is 10.1 Å². The number of rotatable bonds is 10. The van der Waals surface area contributed by atoms with E-state index in [2.05, 4.69) is 10.0 Å². The van der Waals surface area contributed by atoms with Gasteiger partial charge in [-0.1, -0.05) is 77.9 Å². The molecular weight excluding hydrogens is 440 g/mol. The first-order valence-corrected chi connectivity index (χ1v) is 12.6. The number of para-hydroxylation sites is 1. The zero-order valence-electron chi connectivity index (χ0n) is 20.1.